The number of piperazine rings is 1. The molecule has 2 aliphatic heterocycles. The molecule has 3 aliphatic rings. The summed E-state index contributed by atoms with van der Waals surface area (Å²) in [5, 5.41) is 0. The minimum atomic E-state index is -0.0645. The summed E-state index contributed by atoms with van der Waals surface area (Å²) in [6.07, 6.45) is 4.08. The largest absolute Gasteiger partial charge is 0.377 e. The van der Waals surface area contributed by atoms with E-state index in [1.807, 2.05) is 0 Å². The van der Waals surface area contributed by atoms with Gasteiger partial charge in [-0.2, -0.15) is 0 Å². The number of hydrogen-bond acceptors (Lipinski definition) is 4. The molecule has 3 unspecified atom stereocenters. The Balaban J connectivity index is 1.59. The predicted octanol–water partition coefficient (Wildman–Crippen LogP) is 1.55. The van der Waals surface area contributed by atoms with Crippen molar-refractivity contribution in [2.45, 2.75) is 51.7 Å². The van der Waals surface area contributed by atoms with Crippen molar-refractivity contribution in [3.8, 4) is 0 Å². The topological polar surface area (TPSA) is 41.7 Å². The molecule has 0 spiro atoms. The van der Waals surface area contributed by atoms with Gasteiger partial charge in [-0.3, -0.25) is 4.90 Å². The third kappa shape index (κ3) is 2.54. The molecule has 3 atom stereocenters. The molecule has 2 N–H and O–H groups in total. The van der Waals surface area contributed by atoms with Crippen LogP contribution in [-0.4, -0.2) is 67.3 Å². The summed E-state index contributed by atoms with van der Waals surface area (Å²) in [4.78, 5) is 5.18. The molecule has 1 aliphatic carbocycles. The third-order valence-electron chi connectivity index (χ3n) is 6.38. The van der Waals surface area contributed by atoms with Gasteiger partial charge in [0.25, 0.3) is 0 Å². The van der Waals surface area contributed by atoms with Gasteiger partial charge in [0.2, 0.25) is 0 Å². The number of ether oxygens (including phenoxy) is 1. The van der Waals surface area contributed by atoms with Gasteiger partial charge in [0.1, 0.15) is 0 Å². The van der Waals surface area contributed by atoms with E-state index in [0.29, 0.717) is 12.0 Å². The van der Waals surface area contributed by atoms with E-state index >= 15 is 0 Å². The Hall–Kier alpha value is -0.160. The van der Waals surface area contributed by atoms with E-state index in [4.69, 9.17) is 10.5 Å². The van der Waals surface area contributed by atoms with Gasteiger partial charge in [-0.1, -0.05) is 20.8 Å². The van der Waals surface area contributed by atoms with Crippen molar-refractivity contribution in [3.63, 3.8) is 0 Å². The molecule has 122 valence electrons. The summed E-state index contributed by atoms with van der Waals surface area (Å²) in [5.41, 5.74) is 6.97. The van der Waals surface area contributed by atoms with Crippen LogP contribution in [0.2, 0.25) is 0 Å². The standard InChI is InChI=1S/C17H33N3O/c1-4-7-19-8-10-20(11-9-19)13-17(18)14-6-5-12-21-15(14)16(17,2)3/h14-15H,4-13,18H2,1-3H3. The molecule has 0 aromatic carbocycles. The molecule has 3 fully saturated rings. The summed E-state index contributed by atoms with van der Waals surface area (Å²) in [7, 11) is 0. The molecule has 0 aromatic heterocycles. The average Bonchev–Trinajstić information content (AvgIpc) is 2.49. The molecule has 2 saturated heterocycles. The zero-order valence-electron chi connectivity index (χ0n) is 14.1. The first-order chi connectivity index (χ1) is 9.99. The molecule has 0 amide bonds. The van der Waals surface area contributed by atoms with Crippen LogP contribution in [-0.2, 0) is 4.74 Å². The van der Waals surface area contributed by atoms with E-state index in [2.05, 4.69) is 30.6 Å². The molecule has 21 heavy (non-hydrogen) atoms. The fourth-order valence-electron chi connectivity index (χ4n) is 4.84. The first-order valence-corrected chi connectivity index (χ1v) is 8.84. The summed E-state index contributed by atoms with van der Waals surface area (Å²) in [6, 6.07) is 0. The van der Waals surface area contributed by atoms with Crippen molar-refractivity contribution in [2.75, 3.05) is 45.9 Å². The highest BCUT2D eigenvalue weighted by Crippen LogP contribution is 2.57. The Labute approximate surface area is 130 Å². The smallest absolute Gasteiger partial charge is 0.0690 e. The second-order valence-electron chi connectivity index (χ2n) is 7.92. The molecule has 0 aromatic rings. The van der Waals surface area contributed by atoms with Crippen LogP contribution < -0.4 is 5.73 Å². The van der Waals surface area contributed by atoms with Crippen molar-refractivity contribution >= 4 is 0 Å². The Morgan fingerprint density at radius 1 is 1.14 bits per heavy atom. The summed E-state index contributed by atoms with van der Waals surface area (Å²) in [5.74, 6) is 0.565. The average molecular weight is 295 g/mol. The van der Waals surface area contributed by atoms with Crippen LogP contribution in [0.25, 0.3) is 0 Å². The Bertz CT molecular complexity index is 365. The number of nitrogens with zero attached hydrogens (tertiary/aromatic N) is 2. The van der Waals surface area contributed by atoms with Crippen LogP contribution in [0, 0.1) is 11.3 Å². The Kier molecular flexibility index (Phi) is 4.34. The van der Waals surface area contributed by atoms with Gasteiger partial charge >= 0.3 is 0 Å². The van der Waals surface area contributed by atoms with Gasteiger partial charge in [0, 0.05) is 56.2 Å². The molecule has 3 rings (SSSR count). The fourth-order valence-corrected chi connectivity index (χ4v) is 4.84. The maximum atomic E-state index is 6.92. The normalized spacial score (nSPS) is 40.6. The molecular weight excluding hydrogens is 262 g/mol. The number of hydrogen-bond donors (Lipinski definition) is 1. The van der Waals surface area contributed by atoms with E-state index in [9.17, 15) is 0 Å². The quantitative estimate of drug-likeness (QED) is 0.854. The number of fused-ring (bicyclic) bond motifs is 1. The van der Waals surface area contributed by atoms with Crippen LogP contribution in [0.5, 0.6) is 0 Å². The van der Waals surface area contributed by atoms with Gasteiger partial charge in [-0.25, -0.2) is 0 Å². The fraction of sp³-hybridized carbons (Fsp3) is 1.00. The van der Waals surface area contributed by atoms with Gasteiger partial charge in [-0.15, -0.1) is 0 Å². The summed E-state index contributed by atoms with van der Waals surface area (Å²) >= 11 is 0. The molecule has 0 bridgehead atoms. The number of rotatable bonds is 4. The molecular formula is C17H33N3O. The van der Waals surface area contributed by atoms with Crippen molar-refractivity contribution < 1.29 is 4.74 Å². The van der Waals surface area contributed by atoms with Crippen LogP contribution in [0.1, 0.15) is 40.0 Å². The van der Waals surface area contributed by atoms with Gasteiger partial charge < -0.3 is 15.4 Å². The third-order valence-corrected chi connectivity index (χ3v) is 6.38. The van der Waals surface area contributed by atoms with Crippen LogP contribution in [0.4, 0.5) is 0 Å². The van der Waals surface area contributed by atoms with E-state index in [-0.39, 0.29) is 11.0 Å². The van der Waals surface area contributed by atoms with Gasteiger partial charge in [-0.05, 0) is 25.8 Å². The zero-order chi connectivity index (χ0) is 15.1. The first kappa shape index (κ1) is 15.7. The molecule has 0 radical (unpaired) electrons. The van der Waals surface area contributed by atoms with E-state index in [1.165, 1.54) is 52.0 Å². The highest BCUT2D eigenvalue weighted by atomic mass is 16.5. The van der Waals surface area contributed by atoms with Crippen LogP contribution in [0.3, 0.4) is 0 Å². The lowest BCUT2D eigenvalue weighted by molar-refractivity contribution is -0.232. The minimum Gasteiger partial charge on any atom is -0.377 e. The maximum absolute atomic E-state index is 6.92. The first-order valence-electron chi connectivity index (χ1n) is 8.84. The van der Waals surface area contributed by atoms with Gasteiger partial charge in [0.15, 0.2) is 0 Å². The lowest BCUT2D eigenvalue weighted by atomic mass is 9.46. The second kappa shape index (κ2) is 5.80. The lowest BCUT2D eigenvalue weighted by Gasteiger charge is -2.67. The highest BCUT2D eigenvalue weighted by Gasteiger charge is 2.66. The highest BCUT2D eigenvalue weighted by molar-refractivity contribution is 5.21. The molecule has 1 saturated carbocycles. The van der Waals surface area contributed by atoms with E-state index in [0.717, 1.165) is 13.2 Å². The Morgan fingerprint density at radius 3 is 2.48 bits per heavy atom. The lowest BCUT2D eigenvalue weighted by Crippen LogP contribution is -2.80. The van der Waals surface area contributed by atoms with Crippen LogP contribution >= 0.6 is 0 Å². The molecule has 4 nitrogen and oxygen atoms in total. The van der Waals surface area contributed by atoms with Crippen molar-refractivity contribution in [1.82, 2.24) is 9.80 Å². The maximum Gasteiger partial charge on any atom is 0.0690 e. The van der Waals surface area contributed by atoms with Crippen molar-refractivity contribution in [1.29, 1.82) is 0 Å². The predicted molar refractivity (Wildman–Crippen MR) is 86.3 cm³/mol. The van der Waals surface area contributed by atoms with E-state index < -0.39 is 0 Å². The van der Waals surface area contributed by atoms with Crippen LogP contribution in [0.15, 0.2) is 0 Å². The second-order valence-corrected chi connectivity index (χ2v) is 7.92. The van der Waals surface area contributed by atoms with Crippen molar-refractivity contribution in [2.24, 2.45) is 17.1 Å². The summed E-state index contributed by atoms with van der Waals surface area (Å²) in [6.45, 7) is 14.9. The zero-order valence-corrected chi connectivity index (χ0v) is 14.1. The van der Waals surface area contributed by atoms with Crippen molar-refractivity contribution in [3.05, 3.63) is 0 Å². The Morgan fingerprint density at radius 2 is 1.81 bits per heavy atom. The molecule has 4 heteroatoms. The monoisotopic (exact) mass is 295 g/mol. The SMILES string of the molecule is CCCN1CCN(CC2(N)C3CCCOC3C2(C)C)CC1. The summed E-state index contributed by atoms with van der Waals surface area (Å²) < 4.78 is 6.02. The number of nitrogens with two attached hydrogens (primary N) is 1. The van der Waals surface area contributed by atoms with E-state index in [1.54, 1.807) is 0 Å². The minimum absolute atomic E-state index is 0.0645. The van der Waals surface area contributed by atoms with Gasteiger partial charge in [0.05, 0.1) is 6.10 Å². The molecule has 2 heterocycles.